The summed E-state index contributed by atoms with van der Waals surface area (Å²) in [6, 6.07) is 7.37. The van der Waals surface area contributed by atoms with Gasteiger partial charge in [0.25, 0.3) is 0 Å². The minimum Gasteiger partial charge on any atom is -0.490 e. The van der Waals surface area contributed by atoms with Crippen molar-refractivity contribution < 1.29 is 9.53 Å². The Morgan fingerprint density at radius 1 is 1.28 bits per heavy atom. The van der Waals surface area contributed by atoms with Crippen LogP contribution in [0.25, 0.3) is 0 Å². The molecule has 1 aromatic carbocycles. The summed E-state index contributed by atoms with van der Waals surface area (Å²) in [6.07, 6.45) is 2.63. The maximum absolute atomic E-state index is 12.4. The van der Waals surface area contributed by atoms with Gasteiger partial charge in [-0.3, -0.25) is 10.2 Å². The van der Waals surface area contributed by atoms with Crippen molar-refractivity contribution in [3.63, 3.8) is 0 Å². The summed E-state index contributed by atoms with van der Waals surface area (Å²) in [6.45, 7) is 5.45. The number of carbonyl (C=O) groups excluding carboxylic acids is 1. The lowest BCUT2D eigenvalue weighted by molar-refractivity contribution is 0.0783. The van der Waals surface area contributed by atoms with Gasteiger partial charge in [-0.05, 0) is 38.7 Å². The minimum atomic E-state index is -0.464. The van der Waals surface area contributed by atoms with Crippen molar-refractivity contribution in [1.82, 2.24) is 19.8 Å². The highest BCUT2D eigenvalue weighted by atomic mass is 16.5. The second-order valence-electron chi connectivity index (χ2n) is 7.19. The number of likely N-dealkylation sites (N-methyl/N-ethyl adjacent to an activating group) is 2. The Morgan fingerprint density at radius 2 is 2.10 bits per heavy atom. The molecule has 1 aliphatic rings. The molecule has 2 aromatic rings. The summed E-state index contributed by atoms with van der Waals surface area (Å²) in [5, 5.41) is 14.2. The zero-order valence-corrected chi connectivity index (χ0v) is 16.8. The number of rotatable bonds is 5. The van der Waals surface area contributed by atoms with Crippen LogP contribution in [0.3, 0.4) is 0 Å². The highest BCUT2D eigenvalue weighted by Gasteiger charge is 2.23. The Morgan fingerprint density at radius 3 is 2.83 bits per heavy atom. The summed E-state index contributed by atoms with van der Waals surface area (Å²) < 4.78 is 6.06. The van der Waals surface area contributed by atoms with Crippen molar-refractivity contribution in [1.29, 1.82) is 5.26 Å². The molecule has 1 saturated heterocycles. The molecule has 2 amide bonds. The highest BCUT2D eigenvalue weighted by molar-refractivity contribution is 6.00. The molecule has 2 heterocycles. The lowest BCUT2D eigenvalue weighted by atomic mass is 10.2. The summed E-state index contributed by atoms with van der Waals surface area (Å²) in [5.41, 5.74) is 1.76. The van der Waals surface area contributed by atoms with Gasteiger partial charge in [0, 0.05) is 19.6 Å². The number of hydrogen-bond acceptors (Lipinski definition) is 7. The third kappa shape index (κ3) is 5.63. The van der Waals surface area contributed by atoms with Gasteiger partial charge in [-0.15, -0.1) is 0 Å². The smallest absolute Gasteiger partial charge is 0.324 e. The first-order chi connectivity index (χ1) is 13.9. The molecule has 29 heavy (non-hydrogen) atoms. The molecule has 9 nitrogen and oxygen atoms in total. The van der Waals surface area contributed by atoms with Crippen LogP contribution in [0.1, 0.15) is 11.3 Å². The number of amides is 2. The number of piperazine rings is 1. The molecule has 152 valence electrons. The Hall–Kier alpha value is -3.22. The number of nitriles is 1. The lowest BCUT2D eigenvalue weighted by Gasteiger charge is -2.37. The first-order valence-corrected chi connectivity index (χ1v) is 9.37. The maximum Gasteiger partial charge on any atom is 0.324 e. The van der Waals surface area contributed by atoms with Crippen molar-refractivity contribution in [2.24, 2.45) is 0 Å². The number of anilines is 2. The second kappa shape index (κ2) is 9.32. The Balaban J connectivity index is 1.64. The van der Waals surface area contributed by atoms with Gasteiger partial charge >= 0.3 is 6.03 Å². The molecular weight excluding hydrogens is 370 g/mol. The monoisotopic (exact) mass is 395 g/mol. The van der Waals surface area contributed by atoms with Gasteiger partial charge in [-0.2, -0.15) is 5.26 Å². The third-order valence-corrected chi connectivity index (χ3v) is 4.80. The normalized spacial score (nSPS) is 17.4. The largest absolute Gasteiger partial charge is 0.490 e. The van der Waals surface area contributed by atoms with E-state index in [-0.39, 0.29) is 17.6 Å². The number of nitrogens with one attached hydrogen (secondary N) is 2. The number of ether oxygens (including phenoxy) is 1. The predicted octanol–water partition coefficient (Wildman–Crippen LogP) is 1.93. The van der Waals surface area contributed by atoms with Crippen LogP contribution in [0.2, 0.25) is 0 Å². The highest BCUT2D eigenvalue weighted by Crippen LogP contribution is 2.26. The van der Waals surface area contributed by atoms with Crippen molar-refractivity contribution in [3.8, 4) is 11.8 Å². The zero-order valence-electron chi connectivity index (χ0n) is 16.8. The van der Waals surface area contributed by atoms with Crippen LogP contribution in [0.15, 0.2) is 30.6 Å². The second-order valence-corrected chi connectivity index (χ2v) is 7.19. The average Bonchev–Trinajstić information content (AvgIpc) is 2.70. The topological polar surface area (TPSA) is 106 Å². The van der Waals surface area contributed by atoms with Crippen LogP contribution in [0.4, 0.5) is 16.3 Å². The molecule has 9 heteroatoms. The van der Waals surface area contributed by atoms with Crippen LogP contribution in [0.5, 0.6) is 5.75 Å². The van der Waals surface area contributed by atoms with Crippen LogP contribution < -0.4 is 15.4 Å². The molecule has 1 aromatic heterocycles. The van der Waals surface area contributed by atoms with Crippen LogP contribution in [-0.4, -0.2) is 72.2 Å². The number of nitrogens with zero attached hydrogens (tertiary/aromatic N) is 5. The predicted molar refractivity (Wildman–Crippen MR) is 110 cm³/mol. The van der Waals surface area contributed by atoms with Gasteiger partial charge in [0.1, 0.15) is 18.4 Å². The van der Waals surface area contributed by atoms with Gasteiger partial charge in [0.05, 0.1) is 24.1 Å². The Kier molecular flexibility index (Phi) is 6.59. The fourth-order valence-electron chi connectivity index (χ4n) is 3.05. The van der Waals surface area contributed by atoms with Crippen LogP contribution in [-0.2, 0) is 0 Å². The number of urea groups is 1. The number of aromatic nitrogens is 2. The molecular formula is C20H25N7O2. The molecule has 0 spiro atoms. The Bertz CT molecular complexity index is 895. The number of benzene rings is 1. The van der Waals surface area contributed by atoms with E-state index in [9.17, 15) is 4.79 Å². The molecule has 0 aliphatic carbocycles. The molecule has 1 fully saturated rings. The first kappa shape index (κ1) is 20.5. The van der Waals surface area contributed by atoms with E-state index < -0.39 is 6.03 Å². The molecule has 0 saturated carbocycles. The van der Waals surface area contributed by atoms with E-state index in [1.807, 2.05) is 31.2 Å². The van der Waals surface area contributed by atoms with Gasteiger partial charge in [0.15, 0.2) is 11.5 Å². The molecule has 0 bridgehead atoms. The fourth-order valence-corrected chi connectivity index (χ4v) is 3.05. The van der Waals surface area contributed by atoms with E-state index in [1.165, 1.54) is 12.4 Å². The first-order valence-electron chi connectivity index (χ1n) is 9.37. The van der Waals surface area contributed by atoms with Crippen molar-refractivity contribution in [2.75, 3.05) is 51.0 Å². The van der Waals surface area contributed by atoms with Crippen molar-refractivity contribution >= 4 is 17.5 Å². The third-order valence-electron chi connectivity index (χ3n) is 4.80. The number of aryl methyl sites for hydroxylation is 1. The van der Waals surface area contributed by atoms with E-state index in [2.05, 4.69) is 44.5 Å². The summed E-state index contributed by atoms with van der Waals surface area (Å²) in [4.78, 5) is 24.8. The number of carbonyl (C=O) groups is 1. The Labute approximate surface area is 170 Å². The molecule has 0 radical (unpaired) electrons. The van der Waals surface area contributed by atoms with Crippen LogP contribution >= 0.6 is 0 Å². The summed E-state index contributed by atoms with van der Waals surface area (Å²) >= 11 is 0. The summed E-state index contributed by atoms with van der Waals surface area (Å²) in [7, 11) is 4.21. The zero-order chi connectivity index (χ0) is 20.8. The molecule has 1 atom stereocenters. The van der Waals surface area contributed by atoms with E-state index >= 15 is 0 Å². The molecule has 2 N–H and O–H groups in total. The van der Waals surface area contributed by atoms with E-state index in [4.69, 9.17) is 10.00 Å². The van der Waals surface area contributed by atoms with Gasteiger partial charge in [0.2, 0.25) is 0 Å². The van der Waals surface area contributed by atoms with Crippen LogP contribution in [0, 0.1) is 18.3 Å². The van der Waals surface area contributed by atoms with Crippen molar-refractivity contribution in [3.05, 3.63) is 41.9 Å². The van der Waals surface area contributed by atoms with Gasteiger partial charge in [-0.1, -0.05) is 6.07 Å². The van der Waals surface area contributed by atoms with Crippen molar-refractivity contribution in [2.45, 2.75) is 13.0 Å². The van der Waals surface area contributed by atoms with E-state index in [0.717, 1.165) is 25.2 Å². The maximum atomic E-state index is 12.4. The number of hydrogen-bond donors (Lipinski definition) is 2. The van der Waals surface area contributed by atoms with E-state index in [0.29, 0.717) is 18.0 Å². The van der Waals surface area contributed by atoms with Gasteiger partial charge < -0.3 is 15.0 Å². The fraction of sp³-hybridized carbons (Fsp3) is 0.400. The quantitative estimate of drug-likeness (QED) is 0.797. The van der Waals surface area contributed by atoms with Gasteiger partial charge in [-0.25, -0.2) is 14.8 Å². The van der Waals surface area contributed by atoms with E-state index in [1.54, 1.807) is 0 Å². The molecule has 1 unspecified atom stereocenters. The summed E-state index contributed by atoms with van der Waals surface area (Å²) in [5.74, 6) is 0.863. The lowest BCUT2D eigenvalue weighted by Crippen LogP contribution is -2.52. The SMILES string of the molecule is Cc1ccc(OCC2CN(C)CCN2C)c(NC(=O)Nc2cnc(C#N)cn2)c1. The standard InChI is InChI=1S/C20H25N7O2/c1-14-4-5-18(29-13-16-12-26(2)6-7-27(16)3)17(8-14)24-20(28)25-19-11-22-15(9-21)10-23-19/h4-5,8,10-11,16H,6-7,12-13H2,1-3H3,(H2,23,24,25,28). The average molecular weight is 395 g/mol. The molecule has 1 aliphatic heterocycles. The minimum absolute atomic E-state index is 0.184. The molecule has 3 rings (SSSR count).